The molecule has 0 saturated heterocycles. The summed E-state index contributed by atoms with van der Waals surface area (Å²) < 4.78 is 1.41. The fraction of sp³-hybridized carbons (Fsp3) is 0. The summed E-state index contributed by atoms with van der Waals surface area (Å²) in [6.07, 6.45) is 3.01. The molecule has 0 atom stereocenters. The summed E-state index contributed by atoms with van der Waals surface area (Å²) in [6, 6.07) is 3.32. The zero-order chi connectivity index (χ0) is 6.97. The molecule has 0 bridgehead atoms. The third-order valence-corrected chi connectivity index (χ3v) is 1.31. The molecule has 0 saturated carbocycles. The van der Waals surface area contributed by atoms with Gasteiger partial charge in [-0.1, -0.05) is 0 Å². The molecule has 10 heavy (non-hydrogen) atoms. The number of nitrogens with zero attached hydrogens (tertiary/aromatic N) is 3. The fourth-order valence-electron chi connectivity index (χ4n) is 0.848. The van der Waals surface area contributed by atoms with E-state index < -0.39 is 0 Å². The van der Waals surface area contributed by atoms with E-state index in [-0.39, 0.29) is 5.88 Å². The Kier molecular flexibility index (Phi) is 0.887. The Morgan fingerprint density at radius 3 is 3.10 bits per heavy atom. The van der Waals surface area contributed by atoms with E-state index in [0.29, 0.717) is 0 Å². The first-order valence-electron chi connectivity index (χ1n) is 2.84. The van der Waals surface area contributed by atoms with E-state index in [1.165, 1.54) is 10.8 Å². The van der Waals surface area contributed by atoms with E-state index in [9.17, 15) is 0 Å². The fourth-order valence-corrected chi connectivity index (χ4v) is 0.848. The molecule has 1 N–H and O–H groups in total. The average molecular weight is 135 g/mol. The average Bonchev–Trinajstić information content (AvgIpc) is 2.34. The number of aromatic nitrogens is 3. The van der Waals surface area contributed by atoms with Crippen LogP contribution in [-0.4, -0.2) is 19.7 Å². The van der Waals surface area contributed by atoms with Gasteiger partial charge in [-0.25, -0.2) is 4.98 Å². The second-order valence-electron chi connectivity index (χ2n) is 1.94. The van der Waals surface area contributed by atoms with E-state index in [4.69, 9.17) is 5.11 Å². The van der Waals surface area contributed by atoms with Crippen LogP contribution in [0.1, 0.15) is 0 Å². The van der Waals surface area contributed by atoms with E-state index >= 15 is 0 Å². The van der Waals surface area contributed by atoms with Gasteiger partial charge in [0.05, 0.1) is 11.7 Å². The minimum Gasteiger partial charge on any atom is -0.493 e. The van der Waals surface area contributed by atoms with Crippen LogP contribution in [0.3, 0.4) is 0 Å². The van der Waals surface area contributed by atoms with Crippen LogP contribution in [-0.2, 0) is 0 Å². The van der Waals surface area contributed by atoms with Crippen molar-refractivity contribution in [2.75, 3.05) is 0 Å². The van der Waals surface area contributed by atoms with Crippen molar-refractivity contribution in [1.82, 2.24) is 14.6 Å². The zero-order valence-electron chi connectivity index (χ0n) is 5.10. The molecule has 50 valence electrons. The Bertz CT molecular complexity index is 355. The lowest BCUT2D eigenvalue weighted by Crippen LogP contribution is -1.89. The van der Waals surface area contributed by atoms with Gasteiger partial charge in [0, 0.05) is 6.07 Å². The summed E-state index contributed by atoms with van der Waals surface area (Å²) in [5, 5.41) is 12.9. The van der Waals surface area contributed by atoms with Gasteiger partial charge >= 0.3 is 0 Å². The maximum atomic E-state index is 9.08. The van der Waals surface area contributed by atoms with Crippen LogP contribution in [0.15, 0.2) is 24.7 Å². The minimum atomic E-state index is 0.136. The third kappa shape index (κ3) is 0.556. The van der Waals surface area contributed by atoms with Crippen molar-refractivity contribution in [2.24, 2.45) is 0 Å². The first-order valence-corrected chi connectivity index (χ1v) is 2.84. The Morgan fingerprint density at radius 2 is 2.30 bits per heavy atom. The molecule has 0 amide bonds. The Labute approximate surface area is 56.8 Å². The summed E-state index contributed by atoms with van der Waals surface area (Å²) >= 11 is 0. The summed E-state index contributed by atoms with van der Waals surface area (Å²) in [5.41, 5.74) is 0.792. The van der Waals surface area contributed by atoms with Crippen molar-refractivity contribution < 1.29 is 5.11 Å². The zero-order valence-corrected chi connectivity index (χ0v) is 5.10. The highest BCUT2D eigenvalue weighted by Gasteiger charge is 1.96. The first kappa shape index (κ1) is 5.22. The minimum absolute atomic E-state index is 0.136. The Balaban J connectivity index is 2.93. The van der Waals surface area contributed by atoms with Crippen LogP contribution >= 0.6 is 0 Å². The van der Waals surface area contributed by atoms with Gasteiger partial charge < -0.3 is 5.11 Å². The lowest BCUT2D eigenvalue weighted by molar-refractivity contribution is 0.438. The molecule has 4 heteroatoms. The quantitative estimate of drug-likeness (QED) is 0.570. The van der Waals surface area contributed by atoms with Crippen molar-refractivity contribution >= 4 is 5.52 Å². The van der Waals surface area contributed by atoms with Crippen LogP contribution in [0.5, 0.6) is 5.88 Å². The molecule has 2 heterocycles. The van der Waals surface area contributed by atoms with E-state index in [1.54, 1.807) is 18.3 Å². The second-order valence-corrected chi connectivity index (χ2v) is 1.94. The van der Waals surface area contributed by atoms with Crippen molar-refractivity contribution in [2.45, 2.75) is 0 Å². The number of hydrogen-bond acceptors (Lipinski definition) is 3. The predicted octanol–water partition coefficient (Wildman–Crippen LogP) is 0.435. The summed E-state index contributed by atoms with van der Waals surface area (Å²) in [5.74, 6) is 0.136. The highest BCUT2D eigenvalue weighted by molar-refractivity contribution is 5.47. The number of rotatable bonds is 0. The molecule has 2 aromatic heterocycles. The molecular weight excluding hydrogens is 130 g/mol. The van der Waals surface area contributed by atoms with Gasteiger partial charge in [0.2, 0.25) is 5.88 Å². The molecule has 0 aromatic carbocycles. The molecule has 0 fully saturated rings. The second kappa shape index (κ2) is 1.70. The van der Waals surface area contributed by atoms with Gasteiger partial charge in [0.15, 0.2) is 0 Å². The van der Waals surface area contributed by atoms with Crippen molar-refractivity contribution in [3.8, 4) is 5.88 Å². The molecule has 2 aromatic rings. The molecule has 0 aliphatic heterocycles. The normalized spacial score (nSPS) is 10.4. The molecule has 0 radical (unpaired) electrons. The van der Waals surface area contributed by atoms with Crippen LogP contribution in [0.2, 0.25) is 0 Å². The molecule has 0 spiro atoms. The predicted molar refractivity (Wildman–Crippen MR) is 34.7 cm³/mol. The van der Waals surface area contributed by atoms with Crippen molar-refractivity contribution in [1.29, 1.82) is 0 Å². The van der Waals surface area contributed by atoms with E-state index in [0.717, 1.165) is 5.52 Å². The Hall–Kier alpha value is -1.58. The van der Waals surface area contributed by atoms with E-state index in [2.05, 4.69) is 10.1 Å². The third-order valence-electron chi connectivity index (χ3n) is 1.31. The molecule has 4 nitrogen and oxygen atoms in total. The highest BCUT2D eigenvalue weighted by atomic mass is 16.3. The number of fused-ring (bicyclic) bond motifs is 1. The van der Waals surface area contributed by atoms with Gasteiger partial charge in [-0.2, -0.15) is 9.61 Å². The number of hydrogen-bond donors (Lipinski definition) is 1. The standard InChI is InChI=1S/C6H5N3O/c10-6-2-1-5-3-7-4-8-9(5)6/h1-4,10H. The summed E-state index contributed by atoms with van der Waals surface area (Å²) in [4.78, 5) is 3.78. The van der Waals surface area contributed by atoms with Gasteiger partial charge in [0.1, 0.15) is 6.33 Å². The molecule has 0 aliphatic rings. The molecule has 0 aliphatic carbocycles. The van der Waals surface area contributed by atoms with Gasteiger partial charge in [-0.15, -0.1) is 0 Å². The molecule has 0 unspecified atom stereocenters. The van der Waals surface area contributed by atoms with Crippen molar-refractivity contribution in [3.63, 3.8) is 0 Å². The summed E-state index contributed by atoms with van der Waals surface area (Å²) in [7, 11) is 0. The highest BCUT2D eigenvalue weighted by Crippen LogP contribution is 2.10. The number of aromatic hydroxyl groups is 1. The maximum Gasteiger partial charge on any atom is 0.212 e. The first-order chi connectivity index (χ1) is 4.88. The van der Waals surface area contributed by atoms with Crippen LogP contribution in [0, 0.1) is 0 Å². The Morgan fingerprint density at radius 1 is 1.40 bits per heavy atom. The van der Waals surface area contributed by atoms with Gasteiger partial charge in [0.25, 0.3) is 0 Å². The molecular formula is C6H5N3O. The van der Waals surface area contributed by atoms with Crippen LogP contribution in [0.4, 0.5) is 0 Å². The monoisotopic (exact) mass is 135 g/mol. The topological polar surface area (TPSA) is 50.4 Å². The lowest BCUT2D eigenvalue weighted by Gasteiger charge is -1.90. The summed E-state index contributed by atoms with van der Waals surface area (Å²) in [6.45, 7) is 0. The van der Waals surface area contributed by atoms with E-state index in [1.807, 2.05) is 0 Å². The lowest BCUT2D eigenvalue weighted by atomic mass is 10.5. The maximum absolute atomic E-state index is 9.08. The SMILES string of the molecule is Oc1ccc2cncnn12. The van der Waals surface area contributed by atoms with Gasteiger partial charge in [-0.3, -0.25) is 0 Å². The smallest absolute Gasteiger partial charge is 0.212 e. The molecule has 2 rings (SSSR count). The largest absolute Gasteiger partial charge is 0.493 e. The van der Waals surface area contributed by atoms with Crippen molar-refractivity contribution in [3.05, 3.63) is 24.7 Å². The van der Waals surface area contributed by atoms with Gasteiger partial charge in [-0.05, 0) is 6.07 Å². The van der Waals surface area contributed by atoms with Crippen LogP contribution < -0.4 is 0 Å². The van der Waals surface area contributed by atoms with Crippen LogP contribution in [0.25, 0.3) is 5.52 Å².